The Bertz CT molecular complexity index is 540. The molecule has 130 valence electrons. The molecule has 2 aliphatic carbocycles. The molecule has 2 atom stereocenters. The highest BCUT2D eigenvalue weighted by Gasteiger charge is 2.38. The number of rotatable bonds is 0. The molecule has 4 nitrogen and oxygen atoms in total. The van der Waals surface area contributed by atoms with Gasteiger partial charge in [0, 0.05) is 24.5 Å². The van der Waals surface area contributed by atoms with Gasteiger partial charge in [-0.15, -0.1) is 0 Å². The molecule has 2 unspecified atom stereocenters. The van der Waals surface area contributed by atoms with Crippen LogP contribution in [0, 0.1) is 11.8 Å². The summed E-state index contributed by atoms with van der Waals surface area (Å²) in [6.07, 6.45) is 15.6. The lowest BCUT2D eigenvalue weighted by Gasteiger charge is -2.41. The number of nitrogens with zero attached hydrogens (tertiary/aromatic N) is 2. The van der Waals surface area contributed by atoms with Crippen molar-refractivity contribution in [2.75, 3.05) is 13.1 Å². The SMILES string of the molecule is O=C(C(=O)N1CCCC2CCCC=C21)N1CCCC2CCCC=C21. The minimum absolute atomic E-state index is 0.292. The Labute approximate surface area is 144 Å². The second-order valence-electron chi connectivity index (χ2n) is 7.71. The number of hydrogen-bond donors (Lipinski definition) is 0. The summed E-state index contributed by atoms with van der Waals surface area (Å²) >= 11 is 0. The molecule has 2 saturated heterocycles. The Hall–Kier alpha value is -1.58. The van der Waals surface area contributed by atoms with Gasteiger partial charge in [0.05, 0.1) is 0 Å². The van der Waals surface area contributed by atoms with Crippen LogP contribution in [0.2, 0.25) is 0 Å². The molecule has 4 aliphatic rings. The lowest BCUT2D eigenvalue weighted by molar-refractivity contribution is -0.151. The van der Waals surface area contributed by atoms with Crippen LogP contribution >= 0.6 is 0 Å². The van der Waals surface area contributed by atoms with Gasteiger partial charge in [-0.3, -0.25) is 9.59 Å². The maximum absolute atomic E-state index is 13.0. The smallest absolute Gasteiger partial charge is 0.308 e. The monoisotopic (exact) mass is 328 g/mol. The maximum Gasteiger partial charge on any atom is 0.316 e. The van der Waals surface area contributed by atoms with Crippen molar-refractivity contribution in [2.24, 2.45) is 11.8 Å². The molecule has 0 N–H and O–H groups in total. The largest absolute Gasteiger partial charge is 0.316 e. The molecule has 0 aromatic heterocycles. The Morgan fingerprint density at radius 1 is 0.708 bits per heavy atom. The minimum Gasteiger partial charge on any atom is -0.308 e. The van der Waals surface area contributed by atoms with E-state index >= 15 is 0 Å². The molecular weight excluding hydrogens is 300 g/mol. The zero-order valence-electron chi connectivity index (χ0n) is 14.5. The van der Waals surface area contributed by atoms with Crippen LogP contribution in [-0.2, 0) is 9.59 Å². The molecule has 0 aromatic carbocycles. The Morgan fingerprint density at radius 2 is 1.12 bits per heavy atom. The van der Waals surface area contributed by atoms with Crippen LogP contribution in [0.4, 0.5) is 0 Å². The van der Waals surface area contributed by atoms with Gasteiger partial charge in [0.15, 0.2) is 0 Å². The van der Waals surface area contributed by atoms with E-state index < -0.39 is 0 Å². The summed E-state index contributed by atoms with van der Waals surface area (Å²) in [4.78, 5) is 29.6. The zero-order chi connectivity index (χ0) is 16.5. The van der Waals surface area contributed by atoms with Crippen LogP contribution < -0.4 is 0 Å². The summed E-state index contributed by atoms with van der Waals surface area (Å²) in [5.74, 6) is 0.402. The molecule has 2 amide bonds. The lowest BCUT2D eigenvalue weighted by atomic mass is 9.84. The van der Waals surface area contributed by atoms with E-state index in [4.69, 9.17) is 0 Å². The van der Waals surface area contributed by atoms with E-state index in [2.05, 4.69) is 12.2 Å². The predicted molar refractivity (Wildman–Crippen MR) is 92.7 cm³/mol. The number of piperidine rings is 2. The molecule has 0 radical (unpaired) electrons. The first kappa shape index (κ1) is 15.9. The Morgan fingerprint density at radius 3 is 1.58 bits per heavy atom. The van der Waals surface area contributed by atoms with E-state index in [0.29, 0.717) is 24.9 Å². The van der Waals surface area contributed by atoms with Gasteiger partial charge in [-0.2, -0.15) is 0 Å². The van der Waals surface area contributed by atoms with E-state index in [9.17, 15) is 9.59 Å². The molecule has 24 heavy (non-hydrogen) atoms. The standard InChI is InChI=1S/C20H28N2O2/c23-19(21-13-5-9-15-7-1-3-11-17(15)21)20(24)22-14-6-10-16-8-2-4-12-18(16)22/h11-12,15-16H,1-10,13-14H2. The van der Waals surface area contributed by atoms with E-state index in [-0.39, 0.29) is 11.8 Å². The van der Waals surface area contributed by atoms with Crippen molar-refractivity contribution in [3.05, 3.63) is 23.5 Å². The van der Waals surface area contributed by atoms with E-state index in [1.165, 1.54) is 38.5 Å². The third-order valence-corrected chi connectivity index (χ3v) is 6.22. The average molecular weight is 328 g/mol. The lowest BCUT2D eigenvalue weighted by Crippen LogP contribution is -2.49. The predicted octanol–water partition coefficient (Wildman–Crippen LogP) is 3.60. The molecule has 2 fully saturated rings. The second-order valence-corrected chi connectivity index (χ2v) is 7.71. The third-order valence-electron chi connectivity index (χ3n) is 6.22. The van der Waals surface area contributed by atoms with Crippen molar-refractivity contribution in [3.63, 3.8) is 0 Å². The average Bonchev–Trinajstić information content (AvgIpc) is 2.66. The van der Waals surface area contributed by atoms with Crippen molar-refractivity contribution in [1.29, 1.82) is 0 Å². The summed E-state index contributed by atoms with van der Waals surface area (Å²) in [7, 11) is 0. The third kappa shape index (κ3) is 2.80. The van der Waals surface area contributed by atoms with Crippen molar-refractivity contribution in [2.45, 2.75) is 64.2 Å². The molecule has 0 saturated carbocycles. The quantitative estimate of drug-likeness (QED) is 0.638. The van der Waals surface area contributed by atoms with Crippen LogP contribution in [0.3, 0.4) is 0 Å². The fraction of sp³-hybridized carbons (Fsp3) is 0.700. The number of carbonyl (C=O) groups is 2. The molecule has 4 heteroatoms. The van der Waals surface area contributed by atoms with Crippen LogP contribution in [-0.4, -0.2) is 34.7 Å². The zero-order valence-corrected chi connectivity index (χ0v) is 14.5. The van der Waals surface area contributed by atoms with Crippen LogP contribution in [0.25, 0.3) is 0 Å². The fourth-order valence-corrected chi connectivity index (χ4v) is 5.02. The second kappa shape index (κ2) is 6.73. The number of allylic oxidation sites excluding steroid dienone is 4. The molecule has 2 heterocycles. The molecule has 2 aliphatic heterocycles. The highest BCUT2D eigenvalue weighted by molar-refractivity contribution is 6.35. The van der Waals surface area contributed by atoms with Crippen molar-refractivity contribution in [3.8, 4) is 0 Å². The fourth-order valence-electron chi connectivity index (χ4n) is 5.02. The number of amides is 2. The Balaban J connectivity index is 1.54. The van der Waals surface area contributed by atoms with Crippen LogP contribution in [0.1, 0.15) is 64.2 Å². The summed E-state index contributed by atoms with van der Waals surface area (Å²) in [5, 5.41) is 0. The topological polar surface area (TPSA) is 40.6 Å². The van der Waals surface area contributed by atoms with E-state index in [1.807, 2.05) is 9.80 Å². The van der Waals surface area contributed by atoms with Gasteiger partial charge in [-0.05, 0) is 76.0 Å². The summed E-state index contributed by atoms with van der Waals surface area (Å²) in [6, 6.07) is 0. The van der Waals surface area contributed by atoms with Crippen molar-refractivity contribution >= 4 is 11.8 Å². The number of hydrogen-bond acceptors (Lipinski definition) is 2. The summed E-state index contributed by atoms with van der Waals surface area (Å²) < 4.78 is 0. The molecule has 4 rings (SSSR count). The van der Waals surface area contributed by atoms with Gasteiger partial charge in [0.2, 0.25) is 0 Å². The van der Waals surface area contributed by atoms with Crippen molar-refractivity contribution < 1.29 is 9.59 Å². The number of likely N-dealkylation sites (tertiary alicyclic amines) is 2. The van der Waals surface area contributed by atoms with Gasteiger partial charge in [-0.25, -0.2) is 0 Å². The van der Waals surface area contributed by atoms with Gasteiger partial charge in [0.25, 0.3) is 0 Å². The van der Waals surface area contributed by atoms with E-state index in [1.54, 1.807) is 0 Å². The highest BCUT2D eigenvalue weighted by atomic mass is 16.2. The first-order valence-corrected chi connectivity index (χ1v) is 9.79. The van der Waals surface area contributed by atoms with Gasteiger partial charge in [0.1, 0.15) is 0 Å². The summed E-state index contributed by atoms with van der Waals surface area (Å²) in [5.41, 5.74) is 2.27. The van der Waals surface area contributed by atoms with Gasteiger partial charge >= 0.3 is 11.8 Å². The maximum atomic E-state index is 13.0. The first-order valence-electron chi connectivity index (χ1n) is 9.79. The first-order chi connectivity index (χ1) is 11.8. The minimum atomic E-state index is -0.292. The van der Waals surface area contributed by atoms with Crippen LogP contribution in [0.5, 0.6) is 0 Å². The number of carbonyl (C=O) groups excluding carboxylic acids is 2. The van der Waals surface area contributed by atoms with Crippen molar-refractivity contribution in [1.82, 2.24) is 9.80 Å². The Kier molecular flexibility index (Phi) is 4.47. The van der Waals surface area contributed by atoms with Gasteiger partial charge in [-0.1, -0.05) is 12.2 Å². The molecular formula is C20H28N2O2. The summed E-state index contributed by atoms with van der Waals surface area (Å²) in [6.45, 7) is 1.42. The number of fused-ring (bicyclic) bond motifs is 2. The molecule has 0 bridgehead atoms. The van der Waals surface area contributed by atoms with Crippen LogP contribution in [0.15, 0.2) is 23.5 Å². The molecule has 0 spiro atoms. The van der Waals surface area contributed by atoms with Gasteiger partial charge < -0.3 is 9.80 Å². The molecule has 0 aromatic rings. The normalized spacial score (nSPS) is 30.0. The van der Waals surface area contributed by atoms with E-state index in [0.717, 1.165) is 37.1 Å². The highest BCUT2D eigenvalue weighted by Crippen LogP contribution is 2.37.